The van der Waals surface area contributed by atoms with E-state index in [1.807, 2.05) is 11.9 Å². The molecule has 0 atom stereocenters. The van der Waals surface area contributed by atoms with Gasteiger partial charge in [-0.05, 0) is 26.1 Å². The summed E-state index contributed by atoms with van der Waals surface area (Å²) in [5.74, 6) is -0.329. The Balaban J connectivity index is 2.81. The Morgan fingerprint density at radius 2 is 2.05 bits per heavy atom. The Bertz CT molecular complexity index is 517. The van der Waals surface area contributed by atoms with E-state index in [2.05, 4.69) is 5.32 Å². The lowest BCUT2D eigenvalue weighted by atomic mass is 10.1. The van der Waals surface area contributed by atoms with E-state index in [4.69, 9.17) is 11.6 Å². The number of aromatic hydroxyl groups is 1. The summed E-state index contributed by atoms with van der Waals surface area (Å²) in [5, 5.41) is 13.0. The predicted octanol–water partition coefficient (Wildman–Crippen LogP) is 1.82. The van der Waals surface area contributed by atoms with Gasteiger partial charge in [0.2, 0.25) is 5.91 Å². The molecule has 2 N–H and O–H groups in total. The molecule has 1 amide bonds. The van der Waals surface area contributed by atoms with Crippen LogP contribution < -0.4 is 5.32 Å². The van der Waals surface area contributed by atoms with Gasteiger partial charge in [-0.3, -0.25) is 9.59 Å². The summed E-state index contributed by atoms with van der Waals surface area (Å²) in [6.07, 6.45) is 0.369. The van der Waals surface area contributed by atoms with Crippen LogP contribution in [0.3, 0.4) is 0 Å². The summed E-state index contributed by atoms with van der Waals surface area (Å²) in [6.45, 7) is 2.33. The lowest BCUT2D eigenvalue weighted by molar-refractivity contribution is -0.120. The topological polar surface area (TPSA) is 69.6 Å². The number of amides is 1. The van der Waals surface area contributed by atoms with Crippen LogP contribution in [0.4, 0.5) is 0 Å². The molecule has 0 saturated heterocycles. The highest BCUT2D eigenvalue weighted by Crippen LogP contribution is 2.28. The predicted molar refractivity (Wildman–Crippen MR) is 78.1 cm³/mol. The average molecular weight is 299 g/mol. The maximum Gasteiger partial charge on any atom is 0.221 e. The fraction of sp³-hybridized carbons (Fsp3) is 0.429. The standard InChI is InChI=1S/C14H19ClN2O3/c1-9(18)12-7-11(15)6-10(14(12)20)8-17(3)5-4-13(19)16-2/h6-7,20H,4-5,8H2,1-3H3,(H,16,19). The summed E-state index contributed by atoms with van der Waals surface area (Å²) in [5.41, 5.74) is 0.786. The number of Topliss-reactive ketones (excluding diaryl/α,β-unsaturated/α-hetero) is 1. The van der Waals surface area contributed by atoms with Gasteiger partial charge in [0.25, 0.3) is 0 Å². The van der Waals surface area contributed by atoms with Crippen LogP contribution in [-0.2, 0) is 11.3 Å². The molecule has 6 heteroatoms. The fourth-order valence-electron chi connectivity index (χ4n) is 1.83. The number of carbonyl (C=O) groups excluding carboxylic acids is 2. The molecule has 1 rings (SSSR count). The molecule has 0 aromatic heterocycles. The SMILES string of the molecule is CNC(=O)CCN(C)Cc1cc(Cl)cc(C(C)=O)c1O. The number of rotatable bonds is 6. The number of phenols is 1. The largest absolute Gasteiger partial charge is 0.507 e. The van der Waals surface area contributed by atoms with Crippen LogP contribution in [0.2, 0.25) is 5.02 Å². The molecule has 0 aliphatic heterocycles. The van der Waals surface area contributed by atoms with E-state index in [1.54, 1.807) is 13.1 Å². The Morgan fingerprint density at radius 1 is 1.40 bits per heavy atom. The van der Waals surface area contributed by atoms with Crippen LogP contribution in [0.5, 0.6) is 5.75 Å². The molecule has 1 aromatic carbocycles. The minimum atomic E-state index is -0.237. The van der Waals surface area contributed by atoms with Gasteiger partial charge in [-0.1, -0.05) is 11.6 Å². The van der Waals surface area contributed by atoms with Crippen LogP contribution in [0.15, 0.2) is 12.1 Å². The Labute approximate surface area is 123 Å². The molecular weight excluding hydrogens is 280 g/mol. The summed E-state index contributed by atoms with van der Waals surface area (Å²) in [4.78, 5) is 24.5. The third-order valence-corrected chi connectivity index (χ3v) is 3.19. The molecule has 0 spiro atoms. The van der Waals surface area contributed by atoms with Crippen molar-refractivity contribution in [2.75, 3.05) is 20.6 Å². The molecule has 1 aromatic rings. The van der Waals surface area contributed by atoms with Gasteiger partial charge < -0.3 is 15.3 Å². The van der Waals surface area contributed by atoms with Crippen LogP contribution in [0.25, 0.3) is 0 Å². The van der Waals surface area contributed by atoms with E-state index >= 15 is 0 Å². The van der Waals surface area contributed by atoms with Crippen molar-refractivity contribution in [3.8, 4) is 5.75 Å². The molecule has 110 valence electrons. The second-order valence-electron chi connectivity index (χ2n) is 4.68. The van der Waals surface area contributed by atoms with Gasteiger partial charge >= 0.3 is 0 Å². The van der Waals surface area contributed by atoms with Crippen molar-refractivity contribution in [1.82, 2.24) is 10.2 Å². The monoisotopic (exact) mass is 298 g/mol. The number of halogens is 1. The second-order valence-corrected chi connectivity index (χ2v) is 5.11. The summed E-state index contributed by atoms with van der Waals surface area (Å²) in [6, 6.07) is 3.08. The number of nitrogens with zero attached hydrogens (tertiary/aromatic N) is 1. The minimum absolute atomic E-state index is 0.0448. The van der Waals surface area contributed by atoms with Crippen molar-refractivity contribution in [1.29, 1.82) is 0 Å². The number of nitrogens with one attached hydrogen (secondary N) is 1. The summed E-state index contributed by atoms with van der Waals surface area (Å²) in [7, 11) is 3.42. The van der Waals surface area contributed by atoms with Gasteiger partial charge in [-0.15, -0.1) is 0 Å². The van der Waals surface area contributed by atoms with Gasteiger partial charge in [0.05, 0.1) is 5.56 Å². The smallest absolute Gasteiger partial charge is 0.221 e. The van der Waals surface area contributed by atoms with E-state index < -0.39 is 0 Å². The molecule has 0 fully saturated rings. The highest BCUT2D eigenvalue weighted by atomic mass is 35.5. The van der Waals surface area contributed by atoms with Gasteiger partial charge in [-0.25, -0.2) is 0 Å². The quantitative estimate of drug-likeness (QED) is 0.786. The van der Waals surface area contributed by atoms with Crippen molar-refractivity contribution < 1.29 is 14.7 Å². The van der Waals surface area contributed by atoms with E-state index in [1.165, 1.54) is 13.0 Å². The normalized spacial score (nSPS) is 10.7. The van der Waals surface area contributed by atoms with Gasteiger partial charge in [-0.2, -0.15) is 0 Å². The first-order valence-corrected chi connectivity index (χ1v) is 6.64. The molecular formula is C14H19ClN2O3. The molecule has 0 radical (unpaired) electrons. The minimum Gasteiger partial charge on any atom is -0.507 e. The zero-order valence-electron chi connectivity index (χ0n) is 11.9. The lowest BCUT2D eigenvalue weighted by Crippen LogP contribution is -2.26. The molecule has 0 aliphatic carbocycles. The van der Waals surface area contributed by atoms with Crippen molar-refractivity contribution in [2.45, 2.75) is 19.9 Å². The van der Waals surface area contributed by atoms with Crippen molar-refractivity contribution in [2.24, 2.45) is 0 Å². The number of benzene rings is 1. The van der Waals surface area contributed by atoms with Crippen LogP contribution in [-0.4, -0.2) is 42.3 Å². The van der Waals surface area contributed by atoms with Crippen molar-refractivity contribution in [3.63, 3.8) is 0 Å². The summed E-state index contributed by atoms with van der Waals surface area (Å²) < 4.78 is 0. The molecule has 0 bridgehead atoms. The van der Waals surface area contributed by atoms with Crippen LogP contribution in [0, 0.1) is 0 Å². The van der Waals surface area contributed by atoms with Crippen LogP contribution >= 0.6 is 11.6 Å². The van der Waals surface area contributed by atoms with E-state index in [0.717, 1.165) is 0 Å². The van der Waals surface area contributed by atoms with E-state index in [9.17, 15) is 14.7 Å². The number of hydrogen-bond donors (Lipinski definition) is 2. The number of phenolic OH excluding ortho intramolecular Hbond substituents is 1. The molecule has 0 aliphatic rings. The van der Waals surface area contributed by atoms with Crippen LogP contribution in [0.1, 0.15) is 29.3 Å². The molecule has 20 heavy (non-hydrogen) atoms. The molecule has 0 heterocycles. The zero-order valence-corrected chi connectivity index (χ0v) is 12.6. The summed E-state index contributed by atoms with van der Waals surface area (Å²) >= 11 is 5.95. The van der Waals surface area contributed by atoms with Gasteiger partial charge in [0.1, 0.15) is 5.75 Å². The Hall–Kier alpha value is -1.59. The van der Waals surface area contributed by atoms with Crippen molar-refractivity contribution in [3.05, 3.63) is 28.3 Å². The number of hydrogen-bond acceptors (Lipinski definition) is 4. The highest BCUT2D eigenvalue weighted by Gasteiger charge is 2.14. The van der Waals surface area contributed by atoms with E-state index in [0.29, 0.717) is 30.1 Å². The maximum atomic E-state index is 11.4. The number of carbonyl (C=O) groups is 2. The van der Waals surface area contributed by atoms with Gasteiger partial charge in [0.15, 0.2) is 5.78 Å². The van der Waals surface area contributed by atoms with Gasteiger partial charge in [0, 0.05) is 37.1 Å². The Morgan fingerprint density at radius 3 is 2.60 bits per heavy atom. The molecule has 0 unspecified atom stereocenters. The first kappa shape index (κ1) is 16.5. The third kappa shape index (κ3) is 4.51. The Kier molecular flexibility index (Phi) is 5.98. The first-order chi connectivity index (χ1) is 9.35. The fourth-order valence-corrected chi connectivity index (χ4v) is 2.07. The third-order valence-electron chi connectivity index (χ3n) is 2.97. The van der Waals surface area contributed by atoms with Crippen molar-refractivity contribution >= 4 is 23.3 Å². The highest BCUT2D eigenvalue weighted by molar-refractivity contribution is 6.31. The lowest BCUT2D eigenvalue weighted by Gasteiger charge is -2.18. The first-order valence-electron chi connectivity index (χ1n) is 6.26. The second kappa shape index (κ2) is 7.26. The zero-order chi connectivity index (χ0) is 15.3. The number of ketones is 1. The maximum absolute atomic E-state index is 11.4. The average Bonchev–Trinajstić information content (AvgIpc) is 2.39. The molecule has 5 nitrogen and oxygen atoms in total. The van der Waals surface area contributed by atoms with E-state index in [-0.39, 0.29) is 23.0 Å². The molecule has 0 saturated carbocycles.